The van der Waals surface area contributed by atoms with E-state index in [1.807, 2.05) is 98.8 Å². The first-order valence-electron chi connectivity index (χ1n) is 28.0. The van der Waals surface area contributed by atoms with Gasteiger partial charge in [-0.15, -0.1) is 0 Å². The van der Waals surface area contributed by atoms with E-state index in [9.17, 15) is 42.9 Å². The number of halogens is 3. The normalized spacial score (nSPS) is 11.5. The molecule has 3 heterocycles. The third kappa shape index (κ3) is 13.3. The first-order chi connectivity index (χ1) is 43.5. The minimum absolute atomic E-state index is 0.0382. The van der Waals surface area contributed by atoms with Gasteiger partial charge in [0.25, 0.3) is 16.7 Å². The molecule has 0 aliphatic carbocycles. The number of phenolic OH excluding ortho intramolecular Hbond substituents is 3. The average molecular weight is 1210 g/mol. The summed E-state index contributed by atoms with van der Waals surface area (Å²) in [4.78, 5) is 53.6. The van der Waals surface area contributed by atoms with E-state index in [0.29, 0.717) is 72.5 Å². The summed E-state index contributed by atoms with van der Waals surface area (Å²) in [5, 5.41) is 32.4. The molecule has 0 saturated heterocycles. The van der Waals surface area contributed by atoms with Crippen LogP contribution in [0.15, 0.2) is 215 Å². The fraction of sp³-hybridized carbons (Fsp3) is 0.0833. The second kappa shape index (κ2) is 26.9. The van der Waals surface area contributed by atoms with Crippen molar-refractivity contribution >= 4 is 69.2 Å². The molecular formula is C72H57F3N6O9. The smallest absolute Gasteiger partial charge is 0.416 e. The predicted molar refractivity (Wildman–Crippen MR) is 347 cm³/mol. The summed E-state index contributed by atoms with van der Waals surface area (Å²) in [7, 11) is 4.43. The summed E-state index contributed by atoms with van der Waals surface area (Å²) in [6, 6.07) is 56.4. The van der Waals surface area contributed by atoms with Crippen LogP contribution in [0.3, 0.4) is 0 Å². The van der Waals surface area contributed by atoms with Crippen molar-refractivity contribution in [2.24, 2.45) is 0 Å². The van der Waals surface area contributed by atoms with Gasteiger partial charge in [0.05, 0.1) is 76.7 Å². The Bertz CT molecular complexity index is 4700. The molecule has 450 valence electrons. The number of rotatable bonds is 12. The lowest BCUT2D eigenvalue weighted by Crippen LogP contribution is -2.22. The number of aryl methyl sites for hydroxylation is 2. The van der Waals surface area contributed by atoms with E-state index >= 15 is 0 Å². The molecule has 15 nitrogen and oxygen atoms in total. The molecule has 0 amide bonds. The first-order valence-corrected chi connectivity index (χ1v) is 28.0. The Morgan fingerprint density at radius 1 is 0.367 bits per heavy atom. The van der Waals surface area contributed by atoms with Crippen LogP contribution in [0, 0.1) is 13.8 Å². The lowest BCUT2D eigenvalue weighted by atomic mass is 10.1. The highest BCUT2D eigenvalue weighted by Gasteiger charge is 2.30. The van der Waals surface area contributed by atoms with E-state index in [1.54, 1.807) is 131 Å². The molecule has 12 aromatic rings. The van der Waals surface area contributed by atoms with Crippen molar-refractivity contribution in [3.63, 3.8) is 0 Å². The summed E-state index contributed by atoms with van der Waals surface area (Å²) in [5.41, 5.74) is 5.62. The Labute approximate surface area is 513 Å². The number of nitrogens with zero attached hydrogens (tertiary/aromatic N) is 6. The van der Waals surface area contributed by atoms with Gasteiger partial charge in [0, 0.05) is 16.7 Å². The van der Waals surface area contributed by atoms with Crippen molar-refractivity contribution in [3.8, 4) is 51.6 Å². The number of aromatic nitrogens is 6. The number of hydrogen-bond donors (Lipinski definition) is 3. The molecule has 0 fully saturated rings. The van der Waals surface area contributed by atoms with E-state index in [0.717, 1.165) is 34.6 Å². The van der Waals surface area contributed by atoms with Gasteiger partial charge in [-0.3, -0.25) is 28.1 Å². The number of para-hydroxylation sites is 6. The highest BCUT2D eigenvalue weighted by Crippen LogP contribution is 2.34. The SMILES string of the molecule is COc1cccc(/C=C/c2nc3ccccc3c(=O)n2-c2ccc(C(F)(F)F)cc2)c1O.COc1cccc(/C=C/c2nc3ccccc3c(=O)n2-c2ccc(C)cc2)c1O.COc1cccc(/C=C/c2nc3ccccc3c(=O)n2-c2ccc(C)cc2)c1O. The van der Waals surface area contributed by atoms with Crippen LogP contribution in [0.2, 0.25) is 0 Å². The third-order valence-electron chi connectivity index (χ3n) is 14.4. The lowest BCUT2D eigenvalue weighted by molar-refractivity contribution is -0.137. The van der Waals surface area contributed by atoms with E-state index < -0.39 is 17.3 Å². The Kier molecular flexibility index (Phi) is 18.3. The summed E-state index contributed by atoms with van der Waals surface area (Å²) in [6.45, 7) is 4.00. The Morgan fingerprint density at radius 2 is 0.644 bits per heavy atom. The van der Waals surface area contributed by atoms with E-state index in [1.165, 1.54) is 44.1 Å². The van der Waals surface area contributed by atoms with E-state index in [-0.39, 0.29) is 45.6 Å². The molecule has 0 aliphatic heterocycles. The van der Waals surface area contributed by atoms with Crippen LogP contribution in [0.1, 0.15) is 50.9 Å². The molecule has 9 aromatic carbocycles. The van der Waals surface area contributed by atoms with Gasteiger partial charge in [-0.1, -0.05) is 108 Å². The van der Waals surface area contributed by atoms with Crippen LogP contribution < -0.4 is 30.9 Å². The molecule has 3 aromatic heterocycles. The topological polar surface area (TPSA) is 193 Å². The quantitative estimate of drug-likeness (QED) is 0.105. The third-order valence-corrected chi connectivity index (χ3v) is 14.4. The maximum Gasteiger partial charge on any atom is 0.416 e. The number of ether oxygens (including phenoxy) is 3. The number of hydrogen-bond acceptors (Lipinski definition) is 12. The van der Waals surface area contributed by atoms with Gasteiger partial charge >= 0.3 is 6.18 Å². The molecular weight excluding hydrogens is 1150 g/mol. The van der Waals surface area contributed by atoms with Crippen LogP contribution >= 0.6 is 0 Å². The maximum atomic E-state index is 13.2. The molecule has 3 N–H and O–H groups in total. The number of benzene rings is 9. The summed E-state index contributed by atoms with van der Waals surface area (Å²) >= 11 is 0. The van der Waals surface area contributed by atoms with Crippen molar-refractivity contribution in [2.75, 3.05) is 21.3 Å². The van der Waals surface area contributed by atoms with Gasteiger partial charge in [-0.05, 0) is 153 Å². The minimum Gasteiger partial charge on any atom is -0.504 e. The predicted octanol–water partition coefficient (Wildman–Crippen LogP) is 14.4. The summed E-state index contributed by atoms with van der Waals surface area (Å²) in [5.74, 6) is 2.17. The molecule has 0 saturated carbocycles. The van der Waals surface area contributed by atoms with Gasteiger partial charge in [-0.25, -0.2) is 15.0 Å². The number of phenols is 3. The lowest BCUT2D eigenvalue weighted by Gasteiger charge is -2.13. The molecule has 12 rings (SSSR count). The van der Waals surface area contributed by atoms with Crippen molar-refractivity contribution in [1.29, 1.82) is 0 Å². The van der Waals surface area contributed by atoms with Crippen LogP contribution in [-0.4, -0.2) is 65.3 Å². The number of aromatic hydroxyl groups is 3. The van der Waals surface area contributed by atoms with Crippen LogP contribution in [0.5, 0.6) is 34.5 Å². The fourth-order valence-electron chi connectivity index (χ4n) is 9.73. The highest BCUT2D eigenvalue weighted by atomic mass is 19.4. The monoisotopic (exact) mass is 1210 g/mol. The molecule has 0 bridgehead atoms. The van der Waals surface area contributed by atoms with Crippen molar-refractivity contribution in [2.45, 2.75) is 20.0 Å². The fourth-order valence-corrected chi connectivity index (χ4v) is 9.73. The van der Waals surface area contributed by atoms with Gasteiger partial charge in [-0.2, -0.15) is 13.2 Å². The van der Waals surface area contributed by atoms with Gasteiger partial charge in [0.1, 0.15) is 17.5 Å². The zero-order chi connectivity index (χ0) is 63.6. The van der Waals surface area contributed by atoms with Crippen LogP contribution in [0.25, 0.3) is 86.2 Å². The maximum absolute atomic E-state index is 13.2. The van der Waals surface area contributed by atoms with Crippen LogP contribution in [-0.2, 0) is 6.18 Å². The van der Waals surface area contributed by atoms with E-state index in [2.05, 4.69) is 15.0 Å². The van der Waals surface area contributed by atoms with E-state index in [4.69, 9.17) is 14.2 Å². The largest absolute Gasteiger partial charge is 0.504 e. The van der Waals surface area contributed by atoms with Gasteiger partial charge in [0.15, 0.2) is 34.5 Å². The molecule has 0 radical (unpaired) electrons. The zero-order valence-corrected chi connectivity index (χ0v) is 49.1. The van der Waals surface area contributed by atoms with Gasteiger partial charge in [0.2, 0.25) is 0 Å². The molecule has 0 spiro atoms. The van der Waals surface area contributed by atoms with Crippen molar-refractivity contribution < 1.29 is 42.7 Å². The molecule has 0 atom stereocenters. The second-order valence-electron chi connectivity index (χ2n) is 20.3. The molecule has 0 aliphatic rings. The van der Waals surface area contributed by atoms with Crippen molar-refractivity contribution in [1.82, 2.24) is 28.7 Å². The number of fused-ring (bicyclic) bond motifs is 3. The summed E-state index contributed by atoms with van der Waals surface area (Å²) < 4.78 is 58.7. The summed E-state index contributed by atoms with van der Waals surface area (Å²) in [6.07, 6.45) is 5.47. The second-order valence-corrected chi connectivity index (χ2v) is 20.3. The first kappa shape index (κ1) is 61.3. The number of alkyl halides is 3. The standard InChI is InChI=1S/C24H17F3N2O3.2C24H20N2O3/c1-32-20-8-4-5-15(22(20)30)9-14-21-28-19-7-3-2-6-18(19)23(31)29(21)17-12-10-16(11-13-17)24(25,26)27;2*1-16-10-13-18(14-11-16)26-22(25-20-8-4-3-7-19(20)24(26)28)15-12-17-6-5-9-21(29-2)23(17)27/h2-14,30H,1H3;2*3-15,27H,1-2H3/b14-9+;2*15-12+. The average Bonchev–Trinajstić information content (AvgIpc) is 1.02. The molecule has 90 heavy (non-hydrogen) atoms. The van der Waals surface area contributed by atoms with Gasteiger partial charge < -0.3 is 29.5 Å². The highest BCUT2D eigenvalue weighted by molar-refractivity contribution is 5.83. The molecule has 18 heteroatoms. The minimum atomic E-state index is -4.49. The van der Waals surface area contributed by atoms with Crippen LogP contribution in [0.4, 0.5) is 13.2 Å². The zero-order valence-electron chi connectivity index (χ0n) is 49.1. The molecule has 0 unspecified atom stereocenters. The Balaban J connectivity index is 0.000000149. The Morgan fingerprint density at radius 3 is 0.922 bits per heavy atom. The van der Waals surface area contributed by atoms with Crippen molar-refractivity contribution in [3.05, 3.63) is 282 Å². The Hall–Kier alpha value is -11.8. The number of methoxy groups -OCH3 is 3.